The largest absolute Gasteiger partial charge is 0.358 e. The Morgan fingerprint density at radius 1 is 0.939 bits per heavy atom. The van der Waals surface area contributed by atoms with Gasteiger partial charge in [0.1, 0.15) is 12.0 Å². The van der Waals surface area contributed by atoms with Crippen molar-refractivity contribution in [3.63, 3.8) is 0 Å². The quantitative estimate of drug-likeness (QED) is 0.731. The third-order valence-electron chi connectivity index (χ3n) is 6.50. The van der Waals surface area contributed by atoms with Crippen LogP contribution >= 0.6 is 0 Å². The van der Waals surface area contributed by atoms with Gasteiger partial charge >= 0.3 is 0 Å². The van der Waals surface area contributed by atoms with Crippen LogP contribution in [0.15, 0.2) is 53.5 Å². The van der Waals surface area contributed by atoms with E-state index in [1.54, 1.807) is 24.3 Å². The predicted octanol–water partition coefficient (Wildman–Crippen LogP) is 1.77. The Hall–Kier alpha value is -3.99. The van der Waals surface area contributed by atoms with Crippen molar-refractivity contribution >= 4 is 23.6 Å². The number of nitrogens with zero attached hydrogens (tertiary/aromatic N) is 4. The van der Waals surface area contributed by atoms with E-state index in [0.29, 0.717) is 30.1 Å². The van der Waals surface area contributed by atoms with E-state index < -0.39 is 18.0 Å². The molecule has 0 spiro atoms. The molecular formula is C25H23N5O3. The number of amides is 3. The number of imide groups is 1. The Bertz CT molecular complexity index is 1150. The average molecular weight is 441 g/mol. The first-order valence-electron chi connectivity index (χ1n) is 11.1. The second-order valence-electron chi connectivity index (χ2n) is 8.43. The van der Waals surface area contributed by atoms with Gasteiger partial charge in [-0.25, -0.2) is 4.99 Å². The van der Waals surface area contributed by atoms with Gasteiger partial charge in [0, 0.05) is 26.1 Å². The fraction of sp³-hybridized carbons (Fsp3) is 0.320. The molecule has 3 aliphatic rings. The van der Waals surface area contributed by atoms with Crippen molar-refractivity contribution in [2.75, 3.05) is 19.6 Å². The van der Waals surface area contributed by atoms with E-state index >= 15 is 0 Å². The monoisotopic (exact) mass is 441 g/mol. The number of carbonyl (C=O) groups is 3. The van der Waals surface area contributed by atoms with Crippen molar-refractivity contribution in [3.8, 4) is 6.07 Å². The van der Waals surface area contributed by atoms with Crippen LogP contribution in [0.25, 0.3) is 0 Å². The number of rotatable bonds is 3. The topological polar surface area (TPSA) is 106 Å². The summed E-state index contributed by atoms with van der Waals surface area (Å²) in [6, 6.07) is 17.1. The summed E-state index contributed by atoms with van der Waals surface area (Å²) in [5.74, 6) is -1.55. The molecule has 0 bridgehead atoms. The van der Waals surface area contributed by atoms with Crippen LogP contribution in [0.1, 0.15) is 38.3 Å². The number of nitriles is 1. The summed E-state index contributed by atoms with van der Waals surface area (Å²) in [5, 5.41) is 12.4. The Morgan fingerprint density at radius 3 is 2.09 bits per heavy atom. The normalized spacial score (nSPS) is 22.2. The number of hydrogen-bond donors (Lipinski definition) is 1. The summed E-state index contributed by atoms with van der Waals surface area (Å²) in [4.78, 5) is 45.9. The predicted molar refractivity (Wildman–Crippen MR) is 120 cm³/mol. The molecule has 0 fully saturated rings. The molecule has 0 radical (unpaired) electrons. The molecule has 8 nitrogen and oxygen atoms in total. The van der Waals surface area contributed by atoms with Crippen LogP contribution in [0.4, 0.5) is 0 Å². The van der Waals surface area contributed by atoms with Gasteiger partial charge in [0.05, 0.1) is 17.2 Å². The first-order chi connectivity index (χ1) is 16.1. The van der Waals surface area contributed by atoms with Gasteiger partial charge in [0.2, 0.25) is 5.91 Å². The zero-order valence-electron chi connectivity index (χ0n) is 18.0. The van der Waals surface area contributed by atoms with E-state index in [-0.39, 0.29) is 24.8 Å². The molecule has 5 rings (SSSR count). The maximum atomic E-state index is 12.7. The van der Waals surface area contributed by atoms with Crippen molar-refractivity contribution in [2.24, 2.45) is 10.9 Å². The number of nitrogens with one attached hydrogen (secondary N) is 1. The average Bonchev–Trinajstić information content (AvgIpc) is 2.97. The Morgan fingerprint density at radius 2 is 1.52 bits per heavy atom. The van der Waals surface area contributed by atoms with Crippen LogP contribution in [0, 0.1) is 17.2 Å². The zero-order valence-corrected chi connectivity index (χ0v) is 18.0. The van der Waals surface area contributed by atoms with Crippen molar-refractivity contribution in [2.45, 2.75) is 25.4 Å². The maximum absolute atomic E-state index is 12.7. The number of amidine groups is 1. The SMILES string of the molecule is N#CC1C(=O)NC(CCN2C(=O)c3ccccc3C2=O)N=C1N1CCc2ccccc2CC1. The highest BCUT2D eigenvalue weighted by Gasteiger charge is 2.38. The Labute approximate surface area is 191 Å². The zero-order chi connectivity index (χ0) is 22.9. The molecule has 33 heavy (non-hydrogen) atoms. The third kappa shape index (κ3) is 3.76. The van der Waals surface area contributed by atoms with Gasteiger partial charge in [-0.2, -0.15) is 5.26 Å². The lowest BCUT2D eigenvalue weighted by Crippen LogP contribution is -2.52. The van der Waals surface area contributed by atoms with Gasteiger partial charge in [0.15, 0.2) is 5.92 Å². The third-order valence-corrected chi connectivity index (χ3v) is 6.50. The fourth-order valence-corrected chi connectivity index (χ4v) is 4.74. The first kappa shape index (κ1) is 20.9. The lowest BCUT2D eigenvalue weighted by atomic mass is 10.0. The molecule has 1 N–H and O–H groups in total. The second kappa shape index (κ2) is 8.51. The number of benzene rings is 2. The minimum atomic E-state index is -0.971. The number of fused-ring (bicyclic) bond motifs is 2. The molecule has 3 aliphatic heterocycles. The Kier molecular flexibility index (Phi) is 5.38. The molecule has 166 valence electrons. The lowest BCUT2D eigenvalue weighted by Gasteiger charge is -2.32. The molecule has 2 unspecified atom stereocenters. The van der Waals surface area contributed by atoms with Crippen molar-refractivity contribution in [1.29, 1.82) is 5.26 Å². The van der Waals surface area contributed by atoms with Gasteiger partial charge in [-0.05, 0) is 36.1 Å². The number of hydrogen-bond acceptors (Lipinski definition) is 6. The highest BCUT2D eigenvalue weighted by atomic mass is 16.2. The van der Waals surface area contributed by atoms with E-state index in [9.17, 15) is 19.6 Å². The second-order valence-corrected chi connectivity index (χ2v) is 8.43. The van der Waals surface area contributed by atoms with Gasteiger partial charge in [-0.3, -0.25) is 19.3 Å². The molecule has 3 heterocycles. The summed E-state index contributed by atoms with van der Waals surface area (Å²) in [6.45, 7) is 1.48. The molecule has 8 heteroatoms. The lowest BCUT2D eigenvalue weighted by molar-refractivity contribution is -0.123. The Balaban J connectivity index is 1.32. The van der Waals surface area contributed by atoms with Crippen LogP contribution in [0.5, 0.6) is 0 Å². The highest BCUT2D eigenvalue weighted by Crippen LogP contribution is 2.24. The minimum Gasteiger partial charge on any atom is -0.358 e. The van der Waals surface area contributed by atoms with E-state index in [4.69, 9.17) is 4.99 Å². The van der Waals surface area contributed by atoms with Crippen LogP contribution in [0.2, 0.25) is 0 Å². The summed E-state index contributed by atoms with van der Waals surface area (Å²) in [7, 11) is 0. The maximum Gasteiger partial charge on any atom is 0.261 e. The molecule has 0 aliphatic carbocycles. The van der Waals surface area contributed by atoms with Gasteiger partial charge in [0.25, 0.3) is 11.8 Å². The molecule has 2 aromatic carbocycles. The van der Waals surface area contributed by atoms with E-state index in [2.05, 4.69) is 23.5 Å². The van der Waals surface area contributed by atoms with Crippen molar-refractivity contribution in [3.05, 3.63) is 70.8 Å². The van der Waals surface area contributed by atoms with Crippen molar-refractivity contribution < 1.29 is 14.4 Å². The molecule has 0 aromatic heterocycles. The number of carbonyl (C=O) groups excluding carboxylic acids is 3. The van der Waals surface area contributed by atoms with Crippen LogP contribution in [-0.2, 0) is 17.6 Å². The summed E-state index contributed by atoms with van der Waals surface area (Å²) >= 11 is 0. The molecule has 0 saturated carbocycles. The van der Waals surface area contributed by atoms with Gasteiger partial charge < -0.3 is 10.2 Å². The minimum absolute atomic E-state index is 0.136. The van der Waals surface area contributed by atoms with Gasteiger partial charge in [-0.1, -0.05) is 36.4 Å². The first-order valence-corrected chi connectivity index (χ1v) is 11.1. The smallest absolute Gasteiger partial charge is 0.261 e. The molecule has 2 atom stereocenters. The van der Waals surface area contributed by atoms with E-state index in [0.717, 1.165) is 12.8 Å². The molecule has 3 amide bonds. The van der Waals surface area contributed by atoms with Crippen molar-refractivity contribution in [1.82, 2.24) is 15.1 Å². The van der Waals surface area contributed by atoms with Crippen LogP contribution < -0.4 is 5.32 Å². The van der Waals surface area contributed by atoms with E-state index in [1.165, 1.54) is 16.0 Å². The summed E-state index contributed by atoms with van der Waals surface area (Å²) < 4.78 is 0. The molecule has 0 saturated heterocycles. The van der Waals surface area contributed by atoms with Gasteiger partial charge in [-0.15, -0.1) is 0 Å². The fourth-order valence-electron chi connectivity index (χ4n) is 4.74. The molecule has 2 aromatic rings. The number of aliphatic imine (C=N–C) groups is 1. The summed E-state index contributed by atoms with van der Waals surface area (Å²) in [5.41, 5.74) is 3.34. The summed E-state index contributed by atoms with van der Waals surface area (Å²) in [6.07, 6.45) is 1.31. The standard InChI is InChI=1S/C25H23N5O3/c26-15-20-22(29-12-9-16-5-1-2-6-17(16)10-13-29)27-21(28-23(20)31)11-14-30-24(32)18-7-3-4-8-19(18)25(30)33/h1-8,20-21H,9-14H2,(H,28,31). The molecular weight excluding hydrogens is 418 g/mol. The van der Waals surface area contributed by atoms with Crippen LogP contribution in [0.3, 0.4) is 0 Å². The highest BCUT2D eigenvalue weighted by molar-refractivity contribution is 6.21. The van der Waals surface area contributed by atoms with E-state index in [1.807, 2.05) is 17.0 Å². The van der Waals surface area contributed by atoms with Crippen LogP contribution in [-0.4, -0.2) is 59.2 Å².